The summed E-state index contributed by atoms with van der Waals surface area (Å²) in [6, 6.07) is 0. The third kappa shape index (κ3) is 1.81. The summed E-state index contributed by atoms with van der Waals surface area (Å²) in [5.41, 5.74) is 0.699. The number of ketones is 1. The third-order valence-electron chi connectivity index (χ3n) is 4.24. The molecular weight excluding hydrogens is 218 g/mol. The Bertz CT molecular complexity index is 412. The van der Waals surface area contributed by atoms with Crippen molar-refractivity contribution in [1.82, 2.24) is 4.98 Å². The summed E-state index contributed by atoms with van der Waals surface area (Å²) < 4.78 is 0. The van der Waals surface area contributed by atoms with Gasteiger partial charge in [-0.1, -0.05) is 6.42 Å². The van der Waals surface area contributed by atoms with Crippen LogP contribution in [0.2, 0.25) is 0 Å². The second-order valence-corrected chi connectivity index (χ2v) is 6.38. The number of nitrogens with zero attached hydrogens (tertiary/aromatic N) is 1. The summed E-state index contributed by atoms with van der Waals surface area (Å²) in [7, 11) is 0. The number of fused-ring (bicyclic) bond motifs is 2. The van der Waals surface area contributed by atoms with E-state index in [0.29, 0.717) is 11.6 Å². The molecule has 0 saturated heterocycles. The van der Waals surface area contributed by atoms with Crippen LogP contribution >= 0.6 is 11.3 Å². The summed E-state index contributed by atoms with van der Waals surface area (Å²) >= 11 is 1.57. The van der Waals surface area contributed by atoms with Gasteiger partial charge in [0.25, 0.3) is 0 Å². The minimum Gasteiger partial charge on any atom is -0.292 e. The maximum Gasteiger partial charge on any atom is 0.182 e. The summed E-state index contributed by atoms with van der Waals surface area (Å²) in [5, 5.41) is 2.90. The van der Waals surface area contributed by atoms with Gasteiger partial charge >= 0.3 is 0 Å². The van der Waals surface area contributed by atoms with E-state index in [1.54, 1.807) is 11.3 Å². The van der Waals surface area contributed by atoms with Gasteiger partial charge in [-0.15, -0.1) is 11.3 Å². The van der Waals surface area contributed by atoms with Crippen LogP contribution in [0.25, 0.3) is 0 Å². The fourth-order valence-electron chi connectivity index (χ4n) is 3.46. The molecule has 16 heavy (non-hydrogen) atoms. The van der Waals surface area contributed by atoms with Crippen LogP contribution in [-0.4, -0.2) is 10.8 Å². The van der Waals surface area contributed by atoms with Gasteiger partial charge in [0.1, 0.15) is 5.69 Å². The number of hydrogen-bond donors (Lipinski definition) is 0. The number of carbonyl (C=O) groups excluding carboxylic acids is 1. The molecule has 0 N–H and O–H groups in total. The van der Waals surface area contributed by atoms with Gasteiger partial charge in [0.2, 0.25) is 0 Å². The molecule has 1 heterocycles. The van der Waals surface area contributed by atoms with Crippen molar-refractivity contribution in [2.75, 3.05) is 0 Å². The van der Waals surface area contributed by atoms with Gasteiger partial charge in [0.05, 0.1) is 5.01 Å². The van der Waals surface area contributed by atoms with Gasteiger partial charge in [-0.2, -0.15) is 0 Å². The Balaban J connectivity index is 1.65. The van der Waals surface area contributed by atoms with Crippen molar-refractivity contribution in [3.63, 3.8) is 0 Å². The van der Waals surface area contributed by atoms with E-state index < -0.39 is 0 Å². The lowest BCUT2D eigenvalue weighted by molar-refractivity contribution is 0.0940. The van der Waals surface area contributed by atoms with Crippen molar-refractivity contribution in [3.8, 4) is 0 Å². The zero-order valence-electron chi connectivity index (χ0n) is 9.61. The fraction of sp³-hybridized carbons (Fsp3) is 0.692. The monoisotopic (exact) mass is 235 g/mol. The van der Waals surface area contributed by atoms with E-state index in [1.807, 2.05) is 12.3 Å². The molecule has 3 unspecified atom stereocenters. The maximum absolute atomic E-state index is 12.0. The molecule has 3 atom stereocenters. The molecule has 86 valence electrons. The topological polar surface area (TPSA) is 30.0 Å². The molecule has 1 aromatic heterocycles. The predicted octanol–water partition coefficient (Wildman–Crippen LogP) is 3.46. The lowest BCUT2D eigenvalue weighted by Crippen LogP contribution is -2.15. The summed E-state index contributed by atoms with van der Waals surface area (Å²) in [5.74, 6) is 2.70. The van der Waals surface area contributed by atoms with E-state index >= 15 is 0 Å². The average Bonchev–Trinajstić information content (AvgIpc) is 2.92. The highest BCUT2D eigenvalue weighted by molar-refractivity contribution is 7.09. The van der Waals surface area contributed by atoms with Crippen molar-refractivity contribution in [2.45, 2.75) is 39.0 Å². The molecule has 0 amide bonds. The molecule has 2 fully saturated rings. The van der Waals surface area contributed by atoms with Crippen molar-refractivity contribution in [1.29, 1.82) is 0 Å². The van der Waals surface area contributed by atoms with Crippen LogP contribution in [0.15, 0.2) is 5.38 Å². The molecule has 2 bridgehead atoms. The van der Waals surface area contributed by atoms with Crippen LogP contribution < -0.4 is 0 Å². The van der Waals surface area contributed by atoms with Gasteiger partial charge in [0.15, 0.2) is 5.78 Å². The highest BCUT2D eigenvalue weighted by Crippen LogP contribution is 2.49. The van der Waals surface area contributed by atoms with Crippen LogP contribution in [0.1, 0.15) is 47.6 Å². The Morgan fingerprint density at radius 1 is 1.50 bits per heavy atom. The zero-order valence-corrected chi connectivity index (χ0v) is 10.4. The fourth-order valence-corrected chi connectivity index (χ4v) is 4.08. The molecule has 0 radical (unpaired) electrons. The van der Waals surface area contributed by atoms with Crippen molar-refractivity contribution in [3.05, 3.63) is 16.1 Å². The van der Waals surface area contributed by atoms with Crippen molar-refractivity contribution in [2.24, 2.45) is 17.8 Å². The molecule has 2 aliphatic carbocycles. The Kier molecular flexibility index (Phi) is 2.58. The van der Waals surface area contributed by atoms with Gasteiger partial charge < -0.3 is 0 Å². The molecule has 2 nitrogen and oxygen atoms in total. The van der Waals surface area contributed by atoms with Crippen LogP contribution in [0, 0.1) is 24.7 Å². The lowest BCUT2D eigenvalue weighted by atomic mass is 9.85. The number of carbonyl (C=O) groups is 1. The Hall–Kier alpha value is -0.700. The smallest absolute Gasteiger partial charge is 0.182 e. The lowest BCUT2D eigenvalue weighted by Gasteiger charge is -2.20. The molecule has 0 spiro atoms. The molecule has 2 saturated carbocycles. The molecule has 0 aliphatic heterocycles. The van der Waals surface area contributed by atoms with Gasteiger partial charge in [-0.25, -0.2) is 4.98 Å². The Labute approximate surface area is 100 Å². The Morgan fingerprint density at radius 3 is 2.94 bits per heavy atom. The Morgan fingerprint density at radius 2 is 2.38 bits per heavy atom. The van der Waals surface area contributed by atoms with E-state index in [4.69, 9.17) is 0 Å². The molecule has 2 aliphatic rings. The first-order valence-corrected chi connectivity index (χ1v) is 7.05. The largest absolute Gasteiger partial charge is 0.292 e. The van der Waals surface area contributed by atoms with Gasteiger partial charge in [-0.05, 0) is 43.9 Å². The molecule has 3 heteroatoms. The van der Waals surface area contributed by atoms with Crippen LogP contribution in [0.4, 0.5) is 0 Å². The summed E-state index contributed by atoms with van der Waals surface area (Å²) in [6.45, 7) is 1.96. The second kappa shape index (κ2) is 3.95. The number of aromatic nitrogens is 1. The molecule has 1 aromatic rings. The minimum absolute atomic E-state index is 0.266. The number of rotatable bonds is 3. The van der Waals surface area contributed by atoms with E-state index in [-0.39, 0.29) is 5.78 Å². The zero-order chi connectivity index (χ0) is 11.1. The van der Waals surface area contributed by atoms with Gasteiger partial charge in [-0.3, -0.25) is 4.79 Å². The highest BCUT2D eigenvalue weighted by Gasteiger charge is 2.40. The summed E-state index contributed by atoms with van der Waals surface area (Å²) in [6.07, 6.45) is 6.18. The van der Waals surface area contributed by atoms with Gasteiger partial charge in [0, 0.05) is 11.8 Å². The highest BCUT2D eigenvalue weighted by atomic mass is 32.1. The van der Waals surface area contributed by atoms with Crippen molar-refractivity contribution < 1.29 is 4.79 Å². The van der Waals surface area contributed by atoms with E-state index in [2.05, 4.69) is 4.98 Å². The van der Waals surface area contributed by atoms with E-state index in [0.717, 1.165) is 23.3 Å². The average molecular weight is 235 g/mol. The van der Waals surface area contributed by atoms with Crippen LogP contribution in [-0.2, 0) is 0 Å². The van der Waals surface area contributed by atoms with E-state index in [9.17, 15) is 4.79 Å². The third-order valence-corrected chi connectivity index (χ3v) is 5.01. The first-order chi connectivity index (χ1) is 7.72. The normalized spacial score (nSPS) is 32.2. The molecule has 0 aromatic carbocycles. The first kappa shape index (κ1) is 10.5. The quantitative estimate of drug-likeness (QED) is 0.751. The van der Waals surface area contributed by atoms with Crippen molar-refractivity contribution >= 4 is 17.1 Å². The second-order valence-electron chi connectivity index (χ2n) is 5.31. The first-order valence-electron chi connectivity index (χ1n) is 6.17. The van der Waals surface area contributed by atoms with Crippen LogP contribution in [0.3, 0.4) is 0 Å². The minimum atomic E-state index is 0.266. The number of thiazole rings is 1. The van der Waals surface area contributed by atoms with Crippen LogP contribution in [0.5, 0.6) is 0 Å². The number of Topliss-reactive ketones (excluding diaryl/α,β-unsaturated/α-hetero) is 1. The molecule has 3 rings (SSSR count). The van der Waals surface area contributed by atoms with E-state index in [1.165, 1.54) is 25.7 Å². The SMILES string of the molecule is Cc1nc(C(=O)CC2CC3CCC2C3)cs1. The number of aryl methyl sites for hydroxylation is 1. The molecular formula is C13H17NOS. The summed E-state index contributed by atoms with van der Waals surface area (Å²) in [4.78, 5) is 16.3. The predicted molar refractivity (Wildman–Crippen MR) is 64.7 cm³/mol. The maximum atomic E-state index is 12.0. The number of hydrogen-bond acceptors (Lipinski definition) is 3. The standard InChI is InChI=1S/C13H17NOS/c1-8-14-12(7-16-8)13(15)6-11-5-9-2-3-10(11)4-9/h7,9-11H,2-6H2,1H3.